The zero-order chi connectivity index (χ0) is 10.8. The van der Waals surface area contributed by atoms with Crippen molar-refractivity contribution in [1.82, 2.24) is 0 Å². The van der Waals surface area contributed by atoms with Gasteiger partial charge in [-0.1, -0.05) is 37.4 Å². The molecule has 0 bridgehead atoms. The summed E-state index contributed by atoms with van der Waals surface area (Å²) in [6, 6.07) is 4.42. The first-order chi connectivity index (χ1) is 6.50. The van der Waals surface area contributed by atoms with Crippen molar-refractivity contribution < 1.29 is 31.8 Å². The average molecular weight is 216 g/mol. The second kappa shape index (κ2) is 5.33. The van der Waals surface area contributed by atoms with Crippen molar-refractivity contribution in [2.75, 3.05) is 0 Å². The second-order valence-corrected chi connectivity index (χ2v) is 3.97. The van der Waals surface area contributed by atoms with E-state index in [2.05, 4.69) is 13.2 Å². The Hall–Kier alpha value is -0.793. The molecule has 0 fully saturated rings. The molecule has 0 aliphatic carbocycles. The summed E-state index contributed by atoms with van der Waals surface area (Å²) in [6.07, 6.45) is 2.81. The molecule has 0 aliphatic rings. The van der Waals surface area contributed by atoms with E-state index in [0.29, 0.717) is 11.1 Å². The third-order valence-corrected chi connectivity index (χ3v) is 2.69. The van der Waals surface area contributed by atoms with Gasteiger partial charge < -0.3 is 4.55 Å². The third-order valence-electron chi connectivity index (χ3n) is 1.79. The van der Waals surface area contributed by atoms with Crippen molar-refractivity contribution in [3.63, 3.8) is 0 Å². The Bertz CT molecular complexity index is 477. The molecule has 1 aromatic rings. The minimum Gasteiger partial charge on any atom is -0.744 e. The SMILES string of the molecule is C=Cc1cccc(S(=O)(=O)[O-])c1C=C.[Li+]. The molecule has 0 aliphatic heterocycles. The van der Waals surface area contributed by atoms with Crippen LogP contribution in [0.2, 0.25) is 0 Å². The first-order valence-corrected chi connectivity index (χ1v) is 5.25. The van der Waals surface area contributed by atoms with Crippen LogP contribution in [0.3, 0.4) is 0 Å². The predicted octanol–water partition coefficient (Wildman–Crippen LogP) is -1.12. The normalized spacial score (nSPS) is 10.2. The predicted molar refractivity (Wildman–Crippen MR) is 54.6 cm³/mol. The van der Waals surface area contributed by atoms with Crippen molar-refractivity contribution in [2.45, 2.75) is 4.90 Å². The van der Waals surface area contributed by atoms with Crippen molar-refractivity contribution >= 4 is 22.3 Å². The molecule has 0 radical (unpaired) electrons. The van der Waals surface area contributed by atoms with Crippen molar-refractivity contribution in [3.8, 4) is 0 Å². The fourth-order valence-corrected chi connectivity index (χ4v) is 1.89. The molecule has 15 heavy (non-hydrogen) atoms. The third kappa shape index (κ3) is 3.08. The van der Waals surface area contributed by atoms with E-state index in [0.717, 1.165) is 0 Å². The Kier molecular flexibility index (Phi) is 5.05. The van der Waals surface area contributed by atoms with Crippen LogP contribution in [-0.4, -0.2) is 13.0 Å². The van der Waals surface area contributed by atoms with Crippen LogP contribution in [0.1, 0.15) is 11.1 Å². The summed E-state index contributed by atoms with van der Waals surface area (Å²) in [6.45, 7) is 6.98. The monoisotopic (exact) mass is 216 g/mol. The molecule has 74 valence electrons. The Morgan fingerprint density at radius 3 is 2.20 bits per heavy atom. The summed E-state index contributed by atoms with van der Waals surface area (Å²) in [5.41, 5.74) is 0.884. The van der Waals surface area contributed by atoms with Crippen LogP contribution >= 0.6 is 0 Å². The first-order valence-electron chi connectivity index (χ1n) is 3.84. The Balaban J connectivity index is 0.00000196. The summed E-state index contributed by atoms with van der Waals surface area (Å²) in [4.78, 5) is -0.259. The largest absolute Gasteiger partial charge is 1.00 e. The number of hydrogen-bond acceptors (Lipinski definition) is 3. The molecule has 0 amide bonds. The maximum atomic E-state index is 10.8. The van der Waals surface area contributed by atoms with E-state index in [1.807, 2.05) is 0 Å². The molecule has 0 saturated heterocycles. The Morgan fingerprint density at radius 2 is 1.80 bits per heavy atom. The Morgan fingerprint density at radius 1 is 1.20 bits per heavy atom. The van der Waals surface area contributed by atoms with Gasteiger partial charge in [-0.25, -0.2) is 8.42 Å². The van der Waals surface area contributed by atoms with E-state index >= 15 is 0 Å². The molecule has 0 aromatic heterocycles. The van der Waals surface area contributed by atoms with Gasteiger partial charge in [-0.15, -0.1) is 0 Å². The molecule has 1 rings (SSSR count). The second-order valence-electron chi connectivity index (χ2n) is 2.62. The van der Waals surface area contributed by atoms with Crippen LogP contribution in [0.15, 0.2) is 36.3 Å². The van der Waals surface area contributed by atoms with Gasteiger partial charge in [0.15, 0.2) is 0 Å². The smallest absolute Gasteiger partial charge is 0.744 e. The van der Waals surface area contributed by atoms with Crippen LogP contribution in [-0.2, 0) is 10.1 Å². The summed E-state index contributed by atoms with van der Waals surface area (Å²) in [7, 11) is -4.45. The fourth-order valence-electron chi connectivity index (χ4n) is 1.18. The zero-order valence-corrected chi connectivity index (χ0v) is 9.25. The van der Waals surface area contributed by atoms with Crippen LogP contribution in [0.5, 0.6) is 0 Å². The molecular weight excluding hydrogens is 207 g/mol. The van der Waals surface area contributed by atoms with Crippen LogP contribution in [0.4, 0.5) is 0 Å². The molecule has 0 unspecified atom stereocenters. The van der Waals surface area contributed by atoms with E-state index in [9.17, 15) is 13.0 Å². The average Bonchev–Trinajstić information content (AvgIpc) is 2.15. The van der Waals surface area contributed by atoms with Crippen LogP contribution in [0, 0.1) is 0 Å². The van der Waals surface area contributed by atoms with Gasteiger partial charge in [0, 0.05) is 0 Å². The topological polar surface area (TPSA) is 57.2 Å². The first kappa shape index (κ1) is 14.2. The minimum absolute atomic E-state index is 0. The quantitative estimate of drug-likeness (QED) is 0.475. The summed E-state index contributed by atoms with van der Waals surface area (Å²) < 4.78 is 32.5. The van der Waals surface area contributed by atoms with Crippen molar-refractivity contribution in [2.24, 2.45) is 0 Å². The van der Waals surface area contributed by atoms with Crippen LogP contribution < -0.4 is 18.9 Å². The van der Waals surface area contributed by atoms with Gasteiger partial charge in [0.1, 0.15) is 10.1 Å². The maximum absolute atomic E-state index is 10.8. The van der Waals surface area contributed by atoms with Gasteiger partial charge in [-0.2, -0.15) is 0 Å². The van der Waals surface area contributed by atoms with Gasteiger partial charge in [0.2, 0.25) is 0 Å². The molecule has 3 nitrogen and oxygen atoms in total. The van der Waals surface area contributed by atoms with E-state index in [-0.39, 0.29) is 23.8 Å². The zero-order valence-electron chi connectivity index (χ0n) is 8.43. The van der Waals surface area contributed by atoms with Crippen LogP contribution in [0.25, 0.3) is 12.2 Å². The van der Waals surface area contributed by atoms with Crippen molar-refractivity contribution in [1.29, 1.82) is 0 Å². The molecular formula is C10H9LiO3S. The number of benzene rings is 1. The molecule has 0 saturated carbocycles. The minimum atomic E-state index is -4.45. The molecule has 0 atom stereocenters. The van der Waals surface area contributed by atoms with Gasteiger partial charge in [-0.05, 0) is 17.2 Å². The van der Waals surface area contributed by atoms with E-state index < -0.39 is 10.1 Å². The molecule has 5 heteroatoms. The molecule has 0 spiro atoms. The van der Waals surface area contributed by atoms with E-state index in [1.165, 1.54) is 24.3 Å². The van der Waals surface area contributed by atoms with E-state index in [4.69, 9.17) is 0 Å². The number of hydrogen-bond donors (Lipinski definition) is 0. The molecule has 1 aromatic carbocycles. The number of rotatable bonds is 3. The van der Waals surface area contributed by atoms with Gasteiger partial charge in [0.25, 0.3) is 0 Å². The molecule has 0 heterocycles. The maximum Gasteiger partial charge on any atom is 1.00 e. The summed E-state index contributed by atoms with van der Waals surface area (Å²) in [5.74, 6) is 0. The molecule has 0 N–H and O–H groups in total. The van der Waals surface area contributed by atoms with Gasteiger partial charge in [-0.3, -0.25) is 0 Å². The van der Waals surface area contributed by atoms with Gasteiger partial charge in [0.05, 0.1) is 4.90 Å². The standard InChI is InChI=1S/C10H10O3S.Li/c1-3-8-6-5-7-10(9(8)4-2)14(11,12)13;/h3-7H,1-2H2,(H,11,12,13);/q;+1/p-1. The Labute approximate surface area is 101 Å². The van der Waals surface area contributed by atoms with Crippen molar-refractivity contribution in [3.05, 3.63) is 42.5 Å². The fraction of sp³-hybridized carbons (Fsp3) is 0. The summed E-state index contributed by atoms with van der Waals surface area (Å²) >= 11 is 0. The van der Waals surface area contributed by atoms with Gasteiger partial charge >= 0.3 is 18.9 Å². The summed E-state index contributed by atoms with van der Waals surface area (Å²) in [5, 5.41) is 0. The van der Waals surface area contributed by atoms with E-state index in [1.54, 1.807) is 6.07 Å².